The third kappa shape index (κ3) is 4.11. The summed E-state index contributed by atoms with van der Waals surface area (Å²) in [6.07, 6.45) is 1.35. The lowest BCUT2D eigenvalue weighted by atomic mass is 10.1. The number of nitrogens with zero attached hydrogens (tertiary/aromatic N) is 1. The SMILES string of the molecule is CC(=O)c1ccc(NC(=O)c2cccnc2SC(F)F)cc1. The quantitative estimate of drug-likeness (QED) is 0.671. The van der Waals surface area contributed by atoms with E-state index in [-0.39, 0.29) is 28.1 Å². The monoisotopic (exact) mass is 322 g/mol. The molecule has 0 radical (unpaired) electrons. The summed E-state index contributed by atoms with van der Waals surface area (Å²) in [4.78, 5) is 27.1. The van der Waals surface area contributed by atoms with Gasteiger partial charge in [0.05, 0.1) is 5.56 Å². The number of ketones is 1. The van der Waals surface area contributed by atoms with Gasteiger partial charge in [-0.2, -0.15) is 8.78 Å². The Kier molecular flexibility index (Phi) is 5.21. The van der Waals surface area contributed by atoms with E-state index >= 15 is 0 Å². The number of thioether (sulfide) groups is 1. The second kappa shape index (κ2) is 7.13. The summed E-state index contributed by atoms with van der Waals surface area (Å²) in [5, 5.41) is 2.56. The molecule has 4 nitrogen and oxygen atoms in total. The number of halogens is 2. The van der Waals surface area contributed by atoms with Gasteiger partial charge in [-0.25, -0.2) is 4.98 Å². The van der Waals surface area contributed by atoms with E-state index in [9.17, 15) is 18.4 Å². The van der Waals surface area contributed by atoms with Gasteiger partial charge >= 0.3 is 0 Å². The molecule has 0 bridgehead atoms. The number of carbonyl (C=O) groups is 2. The van der Waals surface area contributed by atoms with Crippen molar-refractivity contribution in [3.63, 3.8) is 0 Å². The van der Waals surface area contributed by atoms with Gasteiger partial charge in [-0.05, 0) is 55.1 Å². The molecular weight excluding hydrogens is 310 g/mol. The number of benzene rings is 1. The lowest BCUT2D eigenvalue weighted by Gasteiger charge is -2.09. The highest BCUT2D eigenvalue weighted by atomic mass is 32.2. The average molecular weight is 322 g/mol. The Labute approximate surface area is 129 Å². The van der Waals surface area contributed by atoms with Crippen molar-refractivity contribution in [3.8, 4) is 0 Å². The third-order valence-electron chi connectivity index (χ3n) is 2.77. The van der Waals surface area contributed by atoms with E-state index in [4.69, 9.17) is 0 Å². The summed E-state index contributed by atoms with van der Waals surface area (Å²) in [5.74, 6) is -3.27. The topological polar surface area (TPSA) is 59.1 Å². The molecule has 114 valence electrons. The number of aromatic nitrogens is 1. The Morgan fingerprint density at radius 3 is 2.45 bits per heavy atom. The van der Waals surface area contributed by atoms with Crippen LogP contribution in [0, 0.1) is 0 Å². The number of hydrogen-bond donors (Lipinski definition) is 1. The van der Waals surface area contributed by atoms with Crippen LogP contribution in [0.4, 0.5) is 14.5 Å². The van der Waals surface area contributed by atoms with Gasteiger partial charge in [0.25, 0.3) is 11.7 Å². The smallest absolute Gasteiger partial charge is 0.290 e. The zero-order valence-corrected chi connectivity index (χ0v) is 12.4. The van der Waals surface area contributed by atoms with Crippen molar-refractivity contribution in [3.05, 3.63) is 53.7 Å². The Morgan fingerprint density at radius 1 is 1.18 bits per heavy atom. The van der Waals surface area contributed by atoms with E-state index in [1.165, 1.54) is 25.3 Å². The molecule has 1 N–H and O–H groups in total. The number of amides is 1. The summed E-state index contributed by atoms with van der Waals surface area (Å²) < 4.78 is 24.9. The largest absolute Gasteiger partial charge is 0.322 e. The van der Waals surface area contributed by atoms with E-state index in [1.807, 2.05) is 0 Å². The number of anilines is 1. The molecule has 0 aliphatic rings. The van der Waals surface area contributed by atoms with E-state index in [1.54, 1.807) is 24.3 Å². The van der Waals surface area contributed by atoms with Gasteiger partial charge in [0.1, 0.15) is 5.03 Å². The van der Waals surface area contributed by atoms with E-state index in [2.05, 4.69) is 10.3 Å². The third-order valence-corrected chi connectivity index (χ3v) is 3.49. The van der Waals surface area contributed by atoms with Crippen LogP contribution in [-0.2, 0) is 0 Å². The zero-order chi connectivity index (χ0) is 16.1. The second-order valence-corrected chi connectivity index (χ2v) is 5.30. The van der Waals surface area contributed by atoms with Crippen molar-refractivity contribution < 1.29 is 18.4 Å². The summed E-state index contributed by atoms with van der Waals surface area (Å²) in [7, 11) is 0. The van der Waals surface area contributed by atoms with Crippen LogP contribution in [0.5, 0.6) is 0 Å². The Morgan fingerprint density at radius 2 is 1.86 bits per heavy atom. The van der Waals surface area contributed by atoms with E-state index < -0.39 is 11.7 Å². The van der Waals surface area contributed by atoms with Gasteiger partial charge in [-0.15, -0.1) is 0 Å². The van der Waals surface area contributed by atoms with Crippen LogP contribution in [0.2, 0.25) is 0 Å². The number of alkyl halides is 2. The van der Waals surface area contributed by atoms with Gasteiger partial charge in [-0.3, -0.25) is 9.59 Å². The molecule has 0 fully saturated rings. The fourth-order valence-corrected chi connectivity index (χ4v) is 2.31. The first-order chi connectivity index (χ1) is 10.5. The minimum Gasteiger partial charge on any atom is -0.322 e. The maximum Gasteiger partial charge on any atom is 0.290 e. The Hall–Kier alpha value is -2.28. The number of hydrogen-bond acceptors (Lipinski definition) is 4. The molecule has 2 aromatic rings. The fraction of sp³-hybridized carbons (Fsp3) is 0.133. The van der Waals surface area contributed by atoms with Crippen LogP contribution in [0.3, 0.4) is 0 Å². The van der Waals surface area contributed by atoms with Crippen LogP contribution in [0.25, 0.3) is 0 Å². The summed E-state index contributed by atoms with van der Waals surface area (Å²) in [5.41, 5.74) is 1.06. The summed E-state index contributed by atoms with van der Waals surface area (Å²) in [6.45, 7) is 1.44. The maximum absolute atomic E-state index is 12.5. The van der Waals surface area contributed by atoms with Crippen LogP contribution in [0.15, 0.2) is 47.6 Å². The molecule has 0 saturated carbocycles. The first-order valence-electron chi connectivity index (χ1n) is 6.29. The number of carbonyl (C=O) groups excluding carboxylic acids is 2. The van der Waals surface area contributed by atoms with Gasteiger partial charge in [-0.1, -0.05) is 0 Å². The highest BCUT2D eigenvalue weighted by Gasteiger charge is 2.16. The van der Waals surface area contributed by atoms with Crippen molar-refractivity contribution >= 4 is 29.1 Å². The lowest BCUT2D eigenvalue weighted by Crippen LogP contribution is -2.14. The van der Waals surface area contributed by atoms with E-state index in [0.717, 1.165) is 0 Å². The molecule has 0 saturated heterocycles. The van der Waals surface area contributed by atoms with Crippen molar-refractivity contribution in [2.45, 2.75) is 17.7 Å². The second-order valence-electron chi connectivity index (χ2n) is 4.32. The Balaban J connectivity index is 2.17. The number of pyridine rings is 1. The van der Waals surface area contributed by atoms with E-state index in [0.29, 0.717) is 11.3 Å². The molecule has 7 heteroatoms. The van der Waals surface area contributed by atoms with Crippen molar-refractivity contribution in [1.29, 1.82) is 0 Å². The lowest BCUT2D eigenvalue weighted by molar-refractivity contribution is 0.101. The minimum absolute atomic E-state index is 0.0321. The Bertz CT molecular complexity index is 690. The predicted molar refractivity (Wildman–Crippen MR) is 80.5 cm³/mol. The maximum atomic E-state index is 12.5. The standard InChI is InChI=1S/C15H12F2N2O2S/c1-9(20)10-4-6-11(7-5-10)19-13(21)12-3-2-8-18-14(12)22-15(16)17/h2-8,15H,1H3,(H,19,21). The molecule has 1 aromatic carbocycles. The fourth-order valence-electron chi connectivity index (χ4n) is 1.73. The molecule has 1 aromatic heterocycles. The van der Waals surface area contributed by atoms with Crippen LogP contribution < -0.4 is 5.32 Å². The molecule has 0 aliphatic heterocycles. The molecule has 0 aliphatic carbocycles. The highest BCUT2D eigenvalue weighted by molar-refractivity contribution is 7.99. The molecule has 0 spiro atoms. The van der Waals surface area contributed by atoms with Crippen molar-refractivity contribution in [2.75, 3.05) is 5.32 Å². The average Bonchev–Trinajstić information content (AvgIpc) is 2.47. The highest BCUT2D eigenvalue weighted by Crippen LogP contribution is 2.26. The zero-order valence-electron chi connectivity index (χ0n) is 11.5. The minimum atomic E-state index is -2.66. The summed E-state index contributed by atoms with van der Waals surface area (Å²) in [6, 6.07) is 9.24. The van der Waals surface area contributed by atoms with Crippen LogP contribution in [-0.4, -0.2) is 22.4 Å². The molecule has 22 heavy (non-hydrogen) atoms. The van der Waals surface area contributed by atoms with Gasteiger partial charge in [0, 0.05) is 17.4 Å². The van der Waals surface area contributed by atoms with Gasteiger partial charge in [0.2, 0.25) is 0 Å². The molecular formula is C15H12F2N2O2S. The first kappa shape index (κ1) is 16.1. The normalized spacial score (nSPS) is 10.5. The molecule has 2 rings (SSSR count). The first-order valence-corrected chi connectivity index (χ1v) is 7.17. The van der Waals surface area contributed by atoms with Gasteiger partial charge in [0.15, 0.2) is 5.78 Å². The number of Topliss-reactive ketones (excluding diaryl/α,β-unsaturated/α-hetero) is 1. The molecule has 1 heterocycles. The van der Waals surface area contributed by atoms with Crippen LogP contribution >= 0.6 is 11.8 Å². The number of rotatable bonds is 5. The van der Waals surface area contributed by atoms with Crippen molar-refractivity contribution in [2.24, 2.45) is 0 Å². The van der Waals surface area contributed by atoms with Gasteiger partial charge < -0.3 is 5.32 Å². The molecule has 0 unspecified atom stereocenters. The van der Waals surface area contributed by atoms with Crippen LogP contribution in [0.1, 0.15) is 27.6 Å². The molecule has 1 amide bonds. The van der Waals surface area contributed by atoms with Crippen molar-refractivity contribution in [1.82, 2.24) is 4.98 Å². The number of nitrogens with one attached hydrogen (secondary N) is 1. The summed E-state index contributed by atoms with van der Waals surface area (Å²) >= 11 is 0.220. The molecule has 0 atom stereocenters. The predicted octanol–water partition coefficient (Wildman–Crippen LogP) is 3.85.